The van der Waals surface area contributed by atoms with Crippen LogP contribution in [-0.4, -0.2) is 59.7 Å². The maximum atomic E-state index is 13.6. The van der Waals surface area contributed by atoms with E-state index in [2.05, 4.69) is 16.8 Å². The van der Waals surface area contributed by atoms with Gasteiger partial charge in [-0.3, -0.25) is 0 Å². The van der Waals surface area contributed by atoms with Crippen LogP contribution in [0.2, 0.25) is 0 Å². The van der Waals surface area contributed by atoms with Gasteiger partial charge in [0.1, 0.15) is 0 Å². The van der Waals surface area contributed by atoms with Crippen LogP contribution >= 0.6 is 0 Å². The van der Waals surface area contributed by atoms with E-state index in [-0.39, 0.29) is 5.56 Å². The number of benzene rings is 1. The second-order valence-corrected chi connectivity index (χ2v) is 8.23. The number of likely N-dealkylation sites (N-methyl/N-ethyl adjacent to an activating group) is 1. The minimum Gasteiger partial charge on any atom is -0.338 e. The van der Waals surface area contributed by atoms with E-state index in [0.29, 0.717) is 17.2 Å². The lowest BCUT2D eigenvalue weighted by Crippen LogP contribution is -2.51. The van der Waals surface area contributed by atoms with Crippen molar-refractivity contribution in [1.82, 2.24) is 14.8 Å². The number of hydrogen-bond acceptors (Lipinski definition) is 5. The first-order valence-corrected chi connectivity index (χ1v) is 10.3. The lowest BCUT2D eigenvalue weighted by atomic mass is 9.96. The smallest absolute Gasteiger partial charge is 0.338 e. The molecule has 2 heterocycles. The quantitative estimate of drug-likeness (QED) is 0.623. The van der Waals surface area contributed by atoms with E-state index in [9.17, 15) is 13.2 Å². The van der Waals surface area contributed by atoms with Crippen molar-refractivity contribution in [3.8, 4) is 0 Å². The molecule has 5 nitrogen and oxygen atoms in total. The molecular formula is C22H30F3N5. The molecule has 30 heavy (non-hydrogen) atoms. The molecule has 0 aromatic heterocycles. The zero-order chi connectivity index (χ0) is 22.2. The number of rotatable bonds is 2. The number of hydrazone groups is 1. The van der Waals surface area contributed by atoms with Crippen molar-refractivity contribution in [2.75, 3.05) is 33.2 Å². The van der Waals surface area contributed by atoms with Crippen molar-refractivity contribution in [2.24, 2.45) is 10.1 Å². The van der Waals surface area contributed by atoms with Gasteiger partial charge in [-0.2, -0.15) is 23.3 Å². The minimum atomic E-state index is -4.42. The second-order valence-electron chi connectivity index (χ2n) is 8.23. The monoisotopic (exact) mass is 421 g/mol. The Balaban J connectivity index is 2.26. The summed E-state index contributed by atoms with van der Waals surface area (Å²) < 4.78 is 40.7. The predicted molar refractivity (Wildman–Crippen MR) is 116 cm³/mol. The van der Waals surface area contributed by atoms with Crippen LogP contribution in [0.4, 0.5) is 18.9 Å². The van der Waals surface area contributed by atoms with Crippen LogP contribution in [-0.2, 0) is 6.18 Å². The highest BCUT2D eigenvalue weighted by Crippen LogP contribution is 2.43. The first-order valence-electron chi connectivity index (χ1n) is 10.3. The molecule has 0 atom stereocenters. The molecule has 1 saturated heterocycles. The van der Waals surface area contributed by atoms with Crippen LogP contribution in [0.25, 0.3) is 5.70 Å². The number of piperazine rings is 1. The van der Waals surface area contributed by atoms with Gasteiger partial charge >= 0.3 is 6.18 Å². The van der Waals surface area contributed by atoms with Gasteiger partial charge in [0.15, 0.2) is 0 Å². The van der Waals surface area contributed by atoms with Crippen LogP contribution in [0.1, 0.15) is 50.8 Å². The Morgan fingerprint density at radius 1 is 1.10 bits per heavy atom. The van der Waals surface area contributed by atoms with E-state index >= 15 is 0 Å². The molecule has 0 spiro atoms. The summed E-state index contributed by atoms with van der Waals surface area (Å²) in [5, 5.41) is 6.57. The number of halogens is 3. The maximum absolute atomic E-state index is 13.6. The van der Waals surface area contributed by atoms with Crippen molar-refractivity contribution >= 4 is 23.1 Å². The number of allylic oxidation sites excluding steroid dienone is 1. The average Bonchev–Trinajstić information content (AvgIpc) is 2.66. The van der Waals surface area contributed by atoms with Crippen LogP contribution in [0.3, 0.4) is 0 Å². The minimum absolute atomic E-state index is 0.193. The zero-order valence-corrected chi connectivity index (χ0v) is 18.6. The summed E-state index contributed by atoms with van der Waals surface area (Å²) in [6.45, 7) is 12.6. The zero-order valence-electron chi connectivity index (χ0n) is 18.6. The summed E-state index contributed by atoms with van der Waals surface area (Å²) >= 11 is 0. The Morgan fingerprint density at radius 3 is 2.27 bits per heavy atom. The maximum Gasteiger partial charge on any atom is 0.416 e. The van der Waals surface area contributed by atoms with E-state index in [1.54, 1.807) is 6.07 Å². The molecule has 0 radical (unpaired) electrons. The average molecular weight is 422 g/mol. The number of guanidine groups is 1. The van der Waals surface area contributed by atoms with Crippen molar-refractivity contribution in [3.63, 3.8) is 0 Å². The van der Waals surface area contributed by atoms with Gasteiger partial charge in [0.25, 0.3) is 0 Å². The highest BCUT2D eigenvalue weighted by atomic mass is 19.4. The molecular weight excluding hydrogens is 391 g/mol. The SMILES string of the molecule is CCC(C)=C1c2cc(C)c(C(F)(F)F)cc2N=C(N2CCN(C)CC2)N1N=C(C)C. The molecule has 1 fully saturated rings. The normalized spacial score (nSPS) is 19.4. The van der Waals surface area contributed by atoms with Gasteiger partial charge in [0.05, 0.1) is 16.9 Å². The number of alkyl halides is 3. The molecule has 1 aromatic rings. The highest BCUT2D eigenvalue weighted by Gasteiger charge is 2.37. The van der Waals surface area contributed by atoms with Crippen molar-refractivity contribution < 1.29 is 13.2 Å². The van der Waals surface area contributed by atoms with E-state index in [1.165, 1.54) is 13.0 Å². The second kappa shape index (κ2) is 8.41. The summed E-state index contributed by atoms with van der Waals surface area (Å²) in [5.41, 5.74) is 3.34. The topological polar surface area (TPSA) is 34.4 Å². The fourth-order valence-electron chi connectivity index (χ4n) is 3.74. The Kier molecular flexibility index (Phi) is 6.26. The van der Waals surface area contributed by atoms with Gasteiger partial charge in [-0.1, -0.05) is 6.92 Å². The lowest BCUT2D eigenvalue weighted by Gasteiger charge is -2.40. The number of aliphatic imine (C=N–C) groups is 1. The molecule has 0 N–H and O–H groups in total. The Bertz CT molecular complexity index is 902. The molecule has 0 amide bonds. The summed E-state index contributed by atoms with van der Waals surface area (Å²) in [5.74, 6) is 0.594. The lowest BCUT2D eigenvalue weighted by molar-refractivity contribution is -0.138. The third kappa shape index (κ3) is 4.38. The summed E-state index contributed by atoms with van der Waals surface area (Å²) in [4.78, 5) is 9.06. The Labute approximate surface area is 176 Å². The van der Waals surface area contributed by atoms with Crippen LogP contribution in [0, 0.1) is 6.92 Å². The van der Waals surface area contributed by atoms with E-state index in [0.717, 1.165) is 49.6 Å². The highest BCUT2D eigenvalue weighted by molar-refractivity contribution is 5.99. The summed E-state index contributed by atoms with van der Waals surface area (Å²) in [6, 6.07) is 2.79. The third-order valence-corrected chi connectivity index (χ3v) is 5.55. The number of fused-ring (bicyclic) bond motifs is 1. The van der Waals surface area contributed by atoms with Gasteiger partial charge in [-0.05, 0) is 64.4 Å². The number of nitrogens with zero attached hydrogens (tertiary/aromatic N) is 5. The predicted octanol–water partition coefficient (Wildman–Crippen LogP) is 5.10. The van der Waals surface area contributed by atoms with Gasteiger partial charge in [-0.25, -0.2) is 4.99 Å². The first kappa shape index (κ1) is 22.3. The summed E-state index contributed by atoms with van der Waals surface area (Å²) in [7, 11) is 2.06. The third-order valence-electron chi connectivity index (χ3n) is 5.55. The first-order chi connectivity index (χ1) is 14.0. The van der Waals surface area contributed by atoms with Crippen molar-refractivity contribution in [2.45, 2.75) is 47.2 Å². The Morgan fingerprint density at radius 2 is 1.73 bits per heavy atom. The number of aryl methyl sites for hydroxylation is 1. The number of hydrogen-bond donors (Lipinski definition) is 0. The van der Waals surface area contributed by atoms with Crippen molar-refractivity contribution in [3.05, 3.63) is 34.4 Å². The molecule has 2 aliphatic rings. The van der Waals surface area contributed by atoms with Crippen LogP contribution < -0.4 is 0 Å². The van der Waals surface area contributed by atoms with Crippen molar-refractivity contribution in [1.29, 1.82) is 0 Å². The van der Waals surface area contributed by atoms with Gasteiger partial charge in [-0.15, -0.1) is 0 Å². The van der Waals surface area contributed by atoms with Crippen LogP contribution in [0.15, 0.2) is 27.8 Å². The molecule has 0 bridgehead atoms. The molecule has 2 aliphatic heterocycles. The van der Waals surface area contributed by atoms with Gasteiger partial charge in [0, 0.05) is 37.5 Å². The molecule has 164 valence electrons. The molecule has 3 rings (SSSR count). The fraction of sp³-hybridized carbons (Fsp3) is 0.545. The van der Waals surface area contributed by atoms with E-state index < -0.39 is 11.7 Å². The van der Waals surface area contributed by atoms with E-state index in [1.807, 2.05) is 32.7 Å². The van der Waals surface area contributed by atoms with Crippen LogP contribution in [0.5, 0.6) is 0 Å². The molecule has 0 unspecified atom stereocenters. The molecule has 1 aromatic carbocycles. The largest absolute Gasteiger partial charge is 0.416 e. The van der Waals surface area contributed by atoms with E-state index in [4.69, 9.17) is 10.1 Å². The Hall–Kier alpha value is -2.35. The molecule has 0 saturated carbocycles. The summed E-state index contributed by atoms with van der Waals surface area (Å²) in [6.07, 6.45) is -3.65. The molecule has 8 heteroatoms. The molecule has 0 aliphatic carbocycles. The fourth-order valence-corrected chi connectivity index (χ4v) is 3.74. The van der Waals surface area contributed by atoms with Gasteiger partial charge < -0.3 is 9.80 Å². The standard InChI is InChI=1S/C22H30F3N5/c1-7-15(4)20-17-12-16(5)18(22(23,24)25)13-19(17)26-21(30(20)27-14(2)3)29-10-8-28(6)9-11-29/h12-13H,7-11H2,1-6H3. The van der Waals surface area contributed by atoms with Gasteiger partial charge in [0.2, 0.25) is 5.96 Å².